The third-order valence-electron chi connectivity index (χ3n) is 4.15. The van der Waals surface area contributed by atoms with E-state index in [9.17, 15) is 0 Å². The summed E-state index contributed by atoms with van der Waals surface area (Å²) in [5.41, 5.74) is 10.1. The second-order valence-electron chi connectivity index (χ2n) is 5.86. The van der Waals surface area contributed by atoms with Gasteiger partial charge in [-0.15, -0.1) is 0 Å². The van der Waals surface area contributed by atoms with Gasteiger partial charge in [0.15, 0.2) is 0 Å². The number of hydrogen-bond acceptors (Lipinski definition) is 2. The second kappa shape index (κ2) is 5.85. The maximum atomic E-state index is 5.95. The summed E-state index contributed by atoms with van der Waals surface area (Å²) >= 11 is 0. The molecule has 1 aliphatic carbocycles. The normalized spacial score (nSPS) is 26.0. The summed E-state index contributed by atoms with van der Waals surface area (Å²) in [7, 11) is 0. The molecule has 0 saturated heterocycles. The molecule has 100 valence electrons. The van der Waals surface area contributed by atoms with Crippen LogP contribution in [0.1, 0.15) is 55.3 Å². The van der Waals surface area contributed by atoms with Crippen molar-refractivity contribution in [2.75, 3.05) is 0 Å². The van der Waals surface area contributed by atoms with E-state index in [2.05, 4.69) is 44.3 Å². The summed E-state index contributed by atoms with van der Waals surface area (Å²) < 4.78 is 0. The van der Waals surface area contributed by atoms with Crippen molar-refractivity contribution in [3.05, 3.63) is 34.9 Å². The van der Waals surface area contributed by atoms with E-state index < -0.39 is 0 Å². The van der Waals surface area contributed by atoms with Crippen LogP contribution in [-0.4, -0.2) is 12.1 Å². The van der Waals surface area contributed by atoms with Gasteiger partial charge in [0, 0.05) is 18.1 Å². The Kier molecular flexibility index (Phi) is 4.41. The van der Waals surface area contributed by atoms with Crippen LogP contribution in [0.3, 0.4) is 0 Å². The first kappa shape index (κ1) is 13.6. The minimum atomic E-state index is 0.430. The lowest BCUT2D eigenvalue weighted by molar-refractivity contribution is 0.322. The van der Waals surface area contributed by atoms with Crippen molar-refractivity contribution in [1.29, 1.82) is 0 Å². The molecule has 2 nitrogen and oxygen atoms in total. The lowest BCUT2D eigenvalue weighted by Gasteiger charge is -2.30. The summed E-state index contributed by atoms with van der Waals surface area (Å²) in [4.78, 5) is 0. The fraction of sp³-hybridized carbons (Fsp3) is 0.625. The van der Waals surface area contributed by atoms with Crippen LogP contribution < -0.4 is 11.1 Å². The van der Waals surface area contributed by atoms with Crippen LogP contribution in [0.5, 0.6) is 0 Å². The Morgan fingerprint density at radius 3 is 2.44 bits per heavy atom. The molecule has 0 heterocycles. The fourth-order valence-electron chi connectivity index (χ4n) is 3.04. The topological polar surface area (TPSA) is 38.0 Å². The van der Waals surface area contributed by atoms with Crippen molar-refractivity contribution in [3.63, 3.8) is 0 Å². The first-order valence-corrected chi connectivity index (χ1v) is 7.15. The molecule has 0 radical (unpaired) electrons. The number of rotatable bonds is 3. The Morgan fingerprint density at radius 2 is 1.83 bits per heavy atom. The minimum absolute atomic E-state index is 0.430. The van der Waals surface area contributed by atoms with Crippen molar-refractivity contribution in [3.8, 4) is 0 Å². The molecule has 1 aromatic rings. The zero-order valence-corrected chi connectivity index (χ0v) is 11.9. The lowest BCUT2D eigenvalue weighted by atomic mass is 9.90. The number of benzene rings is 1. The Hall–Kier alpha value is -0.860. The third kappa shape index (κ3) is 3.33. The highest BCUT2D eigenvalue weighted by Gasteiger charge is 2.20. The maximum absolute atomic E-state index is 5.95. The number of hydrogen-bond donors (Lipinski definition) is 2. The van der Waals surface area contributed by atoms with Gasteiger partial charge in [0.25, 0.3) is 0 Å². The van der Waals surface area contributed by atoms with Gasteiger partial charge in [0.05, 0.1) is 0 Å². The zero-order valence-electron chi connectivity index (χ0n) is 11.9. The number of nitrogens with two attached hydrogens (primary N) is 1. The monoisotopic (exact) mass is 246 g/mol. The molecular formula is C16H26N2. The standard InChI is InChI=1S/C16H26N2/c1-11-4-9-16(12(2)10-11)13(3)18-15-7-5-14(17)6-8-15/h4,9-10,13-15,18H,5-8,17H2,1-3H3. The van der Waals surface area contributed by atoms with E-state index in [0.717, 1.165) is 12.8 Å². The Balaban J connectivity index is 1.97. The van der Waals surface area contributed by atoms with Gasteiger partial charge in [-0.05, 0) is 57.6 Å². The molecule has 0 amide bonds. The van der Waals surface area contributed by atoms with E-state index in [-0.39, 0.29) is 0 Å². The van der Waals surface area contributed by atoms with Crippen LogP contribution >= 0.6 is 0 Å². The second-order valence-corrected chi connectivity index (χ2v) is 5.86. The third-order valence-corrected chi connectivity index (χ3v) is 4.15. The van der Waals surface area contributed by atoms with Crippen LogP contribution in [0.4, 0.5) is 0 Å². The van der Waals surface area contributed by atoms with Crippen LogP contribution in [0.25, 0.3) is 0 Å². The van der Waals surface area contributed by atoms with E-state index in [1.165, 1.54) is 29.5 Å². The smallest absolute Gasteiger partial charge is 0.0296 e. The molecule has 1 fully saturated rings. The van der Waals surface area contributed by atoms with Gasteiger partial charge in [0.2, 0.25) is 0 Å². The first-order valence-electron chi connectivity index (χ1n) is 7.15. The predicted molar refractivity (Wildman–Crippen MR) is 77.7 cm³/mol. The van der Waals surface area contributed by atoms with Gasteiger partial charge in [-0.25, -0.2) is 0 Å². The lowest BCUT2D eigenvalue weighted by Crippen LogP contribution is -2.38. The summed E-state index contributed by atoms with van der Waals surface area (Å²) in [5, 5.41) is 3.76. The number of nitrogens with one attached hydrogen (secondary N) is 1. The van der Waals surface area contributed by atoms with E-state index >= 15 is 0 Å². The molecular weight excluding hydrogens is 220 g/mol. The largest absolute Gasteiger partial charge is 0.328 e. The molecule has 1 unspecified atom stereocenters. The quantitative estimate of drug-likeness (QED) is 0.859. The SMILES string of the molecule is Cc1ccc(C(C)NC2CCC(N)CC2)c(C)c1. The Bertz CT molecular complexity index is 392. The van der Waals surface area contributed by atoms with Gasteiger partial charge in [0.1, 0.15) is 0 Å². The van der Waals surface area contributed by atoms with Crippen LogP contribution in [-0.2, 0) is 0 Å². The van der Waals surface area contributed by atoms with Crippen LogP contribution in [0, 0.1) is 13.8 Å². The highest BCUT2D eigenvalue weighted by molar-refractivity contribution is 5.32. The molecule has 2 rings (SSSR count). The molecule has 3 N–H and O–H groups in total. The summed E-state index contributed by atoms with van der Waals surface area (Å²) in [6.07, 6.45) is 4.77. The van der Waals surface area contributed by atoms with Gasteiger partial charge >= 0.3 is 0 Å². The molecule has 1 atom stereocenters. The summed E-state index contributed by atoms with van der Waals surface area (Å²) in [6.45, 7) is 6.63. The Labute approximate surface area is 111 Å². The highest BCUT2D eigenvalue weighted by atomic mass is 14.9. The molecule has 0 aromatic heterocycles. The average Bonchev–Trinajstić information content (AvgIpc) is 2.32. The molecule has 0 spiro atoms. The molecule has 18 heavy (non-hydrogen) atoms. The predicted octanol–water partition coefficient (Wildman–Crippen LogP) is 3.22. The summed E-state index contributed by atoms with van der Waals surface area (Å²) in [6, 6.07) is 8.24. The summed E-state index contributed by atoms with van der Waals surface area (Å²) in [5.74, 6) is 0. The fourth-order valence-corrected chi connectivity index (χ4v) is 3.04. The molecule has 1 aromatic carbocycles. The average molecular weight is 246 g/mol. The highest BCUT2D eigenvalue weighted by Crippen LogP contribution is 2.23. The number of aryl methyl sites for hydroxylation is 2. The van der Waals surface area contributed by atoms with Gasteiger partial charge in [-0.2, -0.15) is 0 Å². The van der Waals surface area contributed by atoms with Crippen molar-refractivity contribution >= 4 is 0 Å². The van der Waals surface area contributed by atoms with Crippen molar-refractivity contribution in [2.24, 2.45) is 5.73 Å². The van der Waals surface area contributed by atoms with Gasteiger partial charge in [-0.1, -0.05) is 23.8 Å². The van der Waals surface area contributed by atoms with Gasteiger partial charge < -0.3 is 11.1 Å². The van der Waals surface area contributed by atoms with Crippen LogP contribution in [0.15, 0.2) is 18.2 Å². The van der Waals surface area contributed by atoms with E-state index in [1.54, 1.807) is 0 Å². The maximum Gasteiger partial charge on any atom is 0.0296 e. The molecule has 0 bridgehead atoms. The molecule has 1 aliphatic rings. The first-order chi connectivity index (χ1) is 8.56. The molecule has 1 saturated carbocycles. The molecule has 2 heteroatoms. The van der Waals surface area contributed by atoms with Crippen molar-refractivity contribution < 1.29 is 0 Å². The van der Waals surface area contributed by atoms with Gasteiger partial charge in [-0.3, -0.25) is 0 Å². The van der Waals surface area contributed by atoms with E-state index in [1.807, 2.05) is 0 Å². The molecule has 0 aliphatic heterocycles. The van der Waals surface area contributed by atoms with Crippen molar-refractivity contribution in [1.82, 2.24) is 5.32 Å². The van der Waals surface area contributed by atoms with E-state index in [0.29, 0.717) is 18.1 Å². The van der Waals surface area contributed by atoms with Crippen molar-refractivity contribution in [2.45, 2.75) is 64.6 Å². The Morgan fingerprint density at radius 1 is 1.17 bits per heavy atom. The van der Waals surface area contributed by atoms with E-state index in [4.69, 9.17) is 5.73 Å². The minimum Gasteiger partial charge on any atom is -0.328 e. The van der Waals surface area contributed by atoms with Crippen LogP contribution in [0.2, 0.25) is 0 Å². The zero-order chi connectivity index (χ0) is 13.1.